The van der Waals surface area contributed by atoms with Gasteiger partial charge in [-0.25, -0.2) is 4.39 Å². The predicted octanol–water partition coefficient (Wildman–Crippen LogP) is 2.08. The van der Waals surface area contributed by atoms with E-state index in [4.69, 9.17) is 5.73 Å². The molecule has 1 saturated carbocycles. The van der Waals surface area contributed by atoms with Crippen LogP contribution in [0.1, 0.15) is 43.0 Å². The number of amides is 1. The first-order valence-electron chi connectivity index (χ1n) is 6.95. The number of carbonyl (C=O) groups is 1. The Balaban J connectivity index is 1.93. The number of hydrogen-bond acceptors (Lipinski definition) is 3. The van der Waals surface area contributed by atoms with Gasteiger partial charge in [-0.3, -0.25) is 4.79 Å². The molecule has 4 nitrogen and oxygen atoms in total. The predicted molar refractivity (Wildman–Crippen MR) is 75.7 cm³/mol. The molecule has 0 saturated heterocycles. The molecule has 1 fully saturated rings. The first-order chi connectivity index (χ1) is 9.39. The number of nitrogens with two attached hydrogens (primary N) is 1. The Labute approximate surface area is 118 Å². The van der Waals surface area contributed by atoms with E-state index in [-0.39, 0.29) is 17.8 Å². The van der Waals surface area contributed by atoms with Gasteiger partial charge in [0, 0.05) is 12.1 Å². The van der Waals surface area contributed by atoms with Gasteiger partial charge in [0.2, 0.25) is 0 Å². The van der Waals surface area contributed by atoms with Gasteiger partial charge >= 0.3 is 0 Å². The van der Waals surface area contributed by atoms with E-state index >= 15 is 0 Å². The van der Waals surface area contributed by atoms with Gasteiger partial charge < -0.3 is 16.2 Å². The molecule has 1 aromatic rings. The Morgan fingerprint density at radius 3 is 2.75 bits per heavy atom. The van der Waals surface area contributed by atoms with Gasteiger partial charge in [0.25, 0.3) is 5.91 Å². The minimum absolute atomic E-state index is 0.0152. The lowest BCUT2D eigenvalue weighted by Gasteiger charge is -2.34. The van der Waals surface area contributed by atoms with E-state index in [2.05, 4.69) is 12.2 Å². The van der Waals surface area contributed by atoms with Crippen LogP contribution in [0.4, 0.5) is 10.1 Å². The number of aliphatic hydroxyl groups is 1. The van der Waals surface area contributed by atoms with Crippen molar-refractivity contribution in [1.82, 2.24) is 5.32 Å². The van der Waals surface area contributed by atoms with Crippen molar-refractivity contribution >= 4 is 11.6 Å². The normalized spacial score (nSPS) is 26.2. The molecule has 20 heavy (non-hydrogen) atoms. The second-order valence-electron chi connectivity index (χ2n) is 5.83. The molecule has 0 spiro atoms. The molecule has 110 valence electrons. The molecule has 1 aromatic carbocycles. The van der Waals surface area contributed by atoms with Crippen LogP contribution in [0.5, 0.6) is 0 Å². The van der Waals surface area contributed by atoms with Gasteiger partial charge in [-0.15, -0.1) is 0 Å². The molecule has 0 aliphatic heterocycles. The van der Waals surface area contributed by atoms with Gasteiger partial charge in [0.1, 0.15) is 5.82 Å². The Bertz CT molecular complexity index is 497. The van der Waals surface area contributed by atoms with E-state index in [1.165, 1.54) is 12.1 Å². The summed E-state index contributed by atoms with van der Waals surface area (Å²) in [6, 6.07) is 3.94. The van der Waals surface area contributed by atoms with Gasteiger partial charge in [-0.05, 0) is 49.8 Å². The number of halogens is 1. The van der Waals surface area contributed by atoms with E-state index in [9.17, 15) is 14.3 Å². The summed E-state index contributed by atoms with van der Waals surface area (Å²) < 4.78 is 13.3. The van der Waals surface area contributed by atoms with E-state index < -0.39 is 17.3 Å². The third-order valence-electron chi connectivity index (χ3n) is 4.05. The first kappa shape index (κ1) is 14.8. The SMILES string of the molecule is CC1CCC(O)(CNC(=O)c2ccc(N)c(F)c2)CC1. The van der Waals surface area contributed by atoms with Crippen LogP contribution >= 0.6 is 0 Å². The minimum atomic E-state index is -0.839. The van der Waals surface area contributed by atoms with Crippen molar-refractivity contribution < 1.29 is 14.3 Å². The highest BCUT2D eigenvalue weighted by molar-refractivity contribution is 5.94. The highest BCUT2D eigenvalue weighted by Gasteiger charge is 2.32. The van der Waals surface area contributed by atoms with Crippen LogP contribution < -0.4 is 11.1 Å². The van der Waals surface area contributed by atoms with Crippen molar-refractivity contribution in [2.45, 2.75) is 38.2 Å². The van der Waals surface area contributed by atoms with E-state index in [0.717, 1.165) is 18.9 Å². The standard InChI is InChI=1S/C15H21FN2O2/c1-10-4-6-15(20,7-5-10)9-18-14(19)11-2-3-13(17)12(16)8-11/h2-3,8,10,20H,4-7,9,17H2,1H3,(H,18,19). The molecule has 1 aliphatic rings. The lowest BCUT2D eigenvalue weighted by Crippen LogP contribution is -2.45. The monoisotopic (exact) mass is 280 g/mol. The van der Waals surface area contributed by atoms with Crippen LogP contribution in [0.25, 0.3) is 0 Å². The molecule has 0 bridgehead atoms. The summed E-state index contributed by atoms with van der Waals surface area (Å²) in [5.41, 5.74) is 4.76. The lowest BCUT2D eigenvalue weighted by molar-refractivity contribution is -0.00540. The maximum atomic E-state index is 13.3. The second kappa shape index (κ2) is 5.79. The summed E-state index contributed by atoms with van der Waals surface area (Å²) in [6.45, 7) is 2.36. The number of nitrogen functional groups attached to an aromatic ring is 1. The van der Waals surface area contributed by atoms with Crippen LogP contribution in [0, 0.1) is 11.7 Å². The molecule has 1 aliphatic carbocycles. The number of anilines is 1. The van der Waals surface area contributed by atoms with Crippen LogP contribution in [0.2, 0.25) is 0 Å². The van der Waals surface area contributed by atoms with Crippen molar-refractivity contribution in [3.63, 3.8) is 0 Å². The average molecular weight is 280 g/mol. The second-order valence-corrected chi connectivity index (χ2v) is 5.83. The summed E-state index contributed by atoms with van der Waals surface area (Å²) in [6.07, 6.45) is 3.29. The highest BCUT2D eigenvalue weighted by atomic mass is 19.1. The van der Waals surface area contributed by atoms with E-state index in [0.29, 0.717) is 18.8 Å². The van der Waals surface area contributed by atoms with Gasteiger partial charge in [0.15, 0.2) is 0 Å². The van der Waals surface area contributed by atoms with Crippen molar-refractivity contribution in [2.75, 3.05) is 12.3 Å². The Morgan fingerprint density at radius 1 is 1.50 bits per heavy atom. The van der Waals surface area contributed by atoms with Crippen molar-refractivity contribution in [3.05, 3.63) is 29.6 Å². The molecular formula is C15H21FN2O2. The highest BCUT2D eigenvalue weighted by Crippen LogP contribution is 2.31. The Hall–Kier alpha value is -1.62. The van der Waals surface area contributed by atoms with E-state index in [1.54, 1.807) is 0 Å². The summed E-state index contributed by atoms with van der Waals surface area (Å²) in [7, 11) is 0. The lowest BCUT2D eigenvalue weighted by atomic mass is 9.79. The van der Waals surface area contributed by atoms with Gasteiger partial charge in [-0.2, -0.15) is 0 Å². The molecule has 0 unspecified atom stereocenters. The summed E-state index contributed by atoms with van der Waals surface area (Å²) in [4.78, 5) is 11.9. The summed E-state index contributed by atoms with van der Waals surface area (Å²) in [5, 5.41) is 13.0. The number of nitrogens with one attached hydrogen (secondary N) is 1. The smallest absolute Gasteiger partial charge is 0.251 e. The average Bonchev–Trinajstić information content (AvgIpc) is 2.43. The molecule has 0 heterocycles. The van der Waals surface area contributed by atoms with Crippen LogP contribution in [0.15, 0.2) is 18.2 Å². The number of carbonyl (C=O) groups excluding carboxylic acids is 1. The fourth-order valence-electron chi connectivity index (χ4n) is 2.49. The van der Waals surface area contributed by atoms with Crippen molar-refractivity contribution in [3.8, 4) is 0 Å². The Kier molecular flexibility index (Phi) is 4.28. The fourth-order valence-corrected chi connectivity index (χ4v) is 2.49. The van der Waals surface area contributed by atoms with Crippen LogP contribution in [-0.4, -0.2) is 23.2 Å². The maximum absolute atomic E-state index is 13.3. The van der Waals surface area contributed by atoms with Crippen LogP contribution in [-0.2, 0) is 0 Å². The largest absolute Gasteiger partial charge is 0.396 e. The van der Waals surface area contributed by atoms with E-state index in [1.807, 2.05) is 0 Å². The summed E-state index contributed by atoms with van der Waals surface area (Å²) in [5.74, 6) is -0.379. The fraction of sp³-hybridized carbons (Fsp3) is 0.533. The van der Waals surface area contributed by atoms with Gasteiger partial charge in [-0.1, -0.05) is 6.92 Å². The quantitative estimate of drug-likeness (QED) is 0.742. The third-order valence-corrected chi connectivity index (χ3v) is 4.05. The zero-order valence-corrected chi connectivity index (χ0v) is 11.7. The molecule has 4 N–H and O–H groups in total. The molecule has 0 aromatic heterocycles. The molecule has 0 atom stereocenters. The molecule has 0 radical (unpaired) electrons. The summed E-state index contributed by atoms with van der Waals surface area (Å²) >= 11 is 0. The molecule has 2 rings (SSSR count). The number of rotatable bonds is 3. The topological polar surface area (TPSA) is 75.3 Å². The zero-order valence-electron chi connectivity index (χ0n) is 11.7. The Morgan fingerprint density at radius 2 is 2.15 bits per heavy atom. The van der Waals surface area contributed by atoms with Crippen LogP contribution in [0.3, 0.4) is 0 Å². The third kappa shape index (κ3) is 3.48. The maximum Gasteiger partial charge on any atom is 0.251 e. The molecule has 5 heteroatoms. The molecule has 1 amide bonds. The first-order valence-corrected chi connectivity index (χ1v) is 6.95. The zero-order chi connectivity index (χ0) is 14.8. The van der Waals surface area contributed by atoms with Crippen molar-refractivity contribution in [1.29, 1.82) is 0 Å². The number of hydrogen-bond donors (Lipinski definition) is 3. The molecular weight excluding hydrogens is 259 g/mol. The van der Waals surface area contributed by atoms with Crippen molar-refractivity contribution in [2.24, 2.45) is 5.92 Å². The van der Waals surface area contributed by atoms with Gasteiger partial charge in [0.05, 0.1) is 11.3 Å². The minimum Gasteiger partial charge on any atom is -0.396 e. The number of benzene rings is 1.